The summed E-state index contributed by atoms with van der Waals surface area (Å²) in [7, 11) is 0. The van der Waals surface area contributed by atoms with E-state index in [-0.39, 0.29) is 30.9 Å². The molecule has 236 valence electrons. The van der Waals surface area contributed by atoms with Crippen LogP contribution in [0.5, 0.6) is 5.75 Å². The van der Waals surface area contributed by atoms with Gasteiger partial charge in [0.05, 0.1) is 24.5 Å². The number of ether oxygens (including phenoxy) is 2. The Bertz CT molecular complexity index is 1140. The van der Waals surface area contributed by atoms with Crippen molar-refractivity contribution in [3.8, 4) is 5.75 Å². The second-order valence-corrected chi connectivity index (χ2v) is 11.8. The second-order valence-electron chi connectivity index (χ2n) is 11.8. The van der Waals surface area contributed by atoms with Gasteiger partial charge < -0.3 is 29.3 Å². The lowest BCUT2D eigenvalue weighted by atomic mass is 9.70. The highest BCUT2D eigenvalue weighted by Crippen LogP contribution is 2.59. The number of unbranched alkanes of at least 4 members (excludes halogenated alkanes) is 4. The number of likely N-dealkylation sites (tertiary alicyclic amines) is 1. The highest BCUT2D eigenvalue weighted by molar-refractivity contribution is 6.03. The summed E-state index contributed by atoms with van der Waals surface area (Å²) in [6.45, 7) is 14.1. The van der Waals surface area contributed by atoms with Crippen molar-refractivity contribution in [3.63, 3.8) is 0 Å². The first-order valence-electron chi connectivity index (χ1n) is 16.0. The highest BCUT2D eigenvalue weighted by atomic mass is 16.5. The minimum absolute atomic E-state index is 0.0828. The Kier molecular flexibility index (Phi) is 11.4. The van der Waals surface area contributed by atoms with Gasteiger partial charge in [0, 0.05) is 38.5 Å². The van der Waals surface area contributed by atoms with Crippen molar-refractivity contribution in [1.29, 1.82) is 0 Å². The molecule has 9 heteroatoms. The molecule has 2 bridgehead atoms. The lowest BCUT2D eigenvalue weighted by Gasteiger charge is -2.37. The lowest BCUT2D eigenvalue weighted by Crippen LogP contribution is -2.56. The van der Waals surface area contributed by atoms with Gasteiger partial charge in [-0.05, 0) is 69.7 Å². The predicted molar refractivity (Wildman–Crippen MR) is 167 cm³/mol. The molecule has 3 fully saturated rings. The number of anilines is 1. The van der Waals surface area contributed by atoms with Crippen LogP contribution >= 0.6 is 0 Å². The Balaban J connectivity index is 1.67. The number of hydrogen-bond donors (Lipinski definition) is 1. The summed E-state index contributed by atoms with van der Waals surface area (Å²) in [5, 5.41) is 9.30. The van der Waals surface area contributed by atoms with Crippen molar-refractivity contribution in [2.45, 2.75) is 83.0 Å². The summed E-state index contributed by atoms with van der Waals surface area (Å²) < 4.78 is 12.3. The van der Waals surface area contributed by atoms with Crippen molar-refractivity contribution >= 4 is 23.4 Å². The molecule has 1 spiro atoms. The van der Waals surface area contributed by atoms with Gasteiger partial charge in [-0.25, -0.2) is 0 Å². The summed E-state index contributed by atoms with van der Waals surface area (Å²) in [6.07, 6.45) is 9.08. The largest absolute Gasteiger partial charge is 0.494 e. The first kappa shape index (κ1) is 32.7. The Morgan fingerprint density at radius 3 is 2.47 bits per heavy atom. The van der Waals surface area contributed by atoms with E-state index in [9.17, 15) is 19.5 Å². The molecule has 1 aromatic rings. The fraction of sp³-hybridized carbons (Fsp3) is 0.618. The monoisotopic (exact) mass is 595 g/mol. The van der Waals surface area contributed by atoms with Gasteiger partial charge in [-0.15, -0.1) is 13.2 Å². The Labute approximate surface area is 256 Å². The molecule has 3 amide bonds. The van der Waals surface area contributed by atoms with E-state index < -0.39 is 29.6 Å². The molecule has 3 saturated heterocycles. The van der Waals surface area contributed by atoms with E-state index >= 15 is 0 Å². The molecular weight excluding hydrogens is 546 g/mol. The third-order valence-corrected chi connectivity index (χ3v) is 9.11. The van der Waals surface area contributed by atoms with Gasteiger partial charge in [0.25, 0.3) is 0 Å². The average Bonchev–Trinajstić information content (AvgIpc) is 3.65. The maximum absolute atomic E-state index is 14.4. The summed E-state index contributed by atoms with van der Waals surface area (Å²) in [6, 6.07) is 6.56. The molecule has 3 aliphatic heterocycles. The molecular formula is C34H49N3O6. The van der Waals surface area contributed by atoms with Crippen LogP contribution in [0.4, 0.5) is 5.69 Å². The predicted octanol–water partition coefficient (Wildman–Crippen LogP) is 4.35. The number of rotatable bonds is 18. The number of hydrogen-bond acceptors (Lipinski definition) is 6. The van der Waals surface area contributed by atoms with Crippen molar-refractivity contribution in [2.24, 2.45) is 11.8 Å². The quantitative estimate of drug-likeness (QED) is 0.200. The van der Waals surface area contributed by atoms with Crippen LogP contribution in [0, 0.1) is 11.8 Å². The van der Waals surface area contributed by atoms with E-state index in [1.54, 1.807) is 26.9 Å². The summed E-state index contributed by atoms with van der Waals surface area (Å²) in [5.41, 5.74) is -0.351. The maximum Gasteiger partial charge on any atom is 0.248 e. The SMILES string of the molecule is C=CCN(CCCCC)C(=O)C1N(CCCCCO)C(=O)[C@@H]2[C@@H](C(=O)N(CC=C)c3ccc(OCC)cc3)[C@H]3CCC12O3. The van der Waals surface area contributed by atoms with Gasteiger partial charge in [0.1, 0.15) is 17.4 Å². The molecule has 2 unspecified atom stereocenters. The van der Waals surface area contributed by atoms with Gasteiger partial charge in [-0.2, -0.15) is 0 Å². The highest BCUT2D eigenvalue weighted by Gasteiger charge is 2.74. The van der Waals surface area contributed by atoms with Crippen LogP contribution in [0.15, 0.2) is 49.6 Å². The standard InChI is InChI=1S/C34H49N3O6/c1-5-9-11-22-35(20-6-2)33(41)30-34-19-18-27(43-34)28(29(34)32(40)37(30)23-12-10-13-24-38)31(39)36(21-7-3)25-14-16-26(17-15-25)42-8-4/h6-7,14-17,27-30,38H,2-3,5,8-13,18-24H2,1,4H3/t27-,28+,29+,30?,34?/m1/s1. The number of carbonyl (C=O) groups excluding carboxylic acids is 3. The van der Waals surface area contributed by atoms with Gasteiger partial charge in [-0.1, -0.05) is 31.9 Å². The van der Waals surface area contributed by atoms with E-state index in [1.165, 1.54) is 0 Å². The third-order valence-electron chi connectivity index (χ3n) is 9.11. The van der Waals surface area contributed by atoms with Gasteiger partial charge in [0.2, 0.25) is 17.7 Å². The van der Waals surface area contributed by atoms with Gasteiger partial charge >= 0.3 is 0 Å². The molecule has 4 rings (SSSR count). The number of nitrogens with zero attached hydrogens (tertiary/aromatic N) is 3. The molecule has 3 heterocycles. The molecule has 0 saturated carbocycles. The topological polar surface area (TPSA) is 99.6 Å². The zero-order valence-corrected chi connectivity index (χ0v) is 25.9. The van der Waals surface area contributed by atoms with Crippen LogP contribution < -0.4 is 9.64 Å². The molecule has 0 radical (unpaired) electrons. The molecule has 43 heavy (non-hydrogen) atoms. The zero-order valence-electron chi connectivity index (χ0n) is 25.9. The van der Waals surface area contributed by atoms with Crippen molar-refractivity contribution in [2.75, 3.05) is 44.3 Å². The van der Waals surface area contributed by atoms with Crippen LogP contribution in [0.3, 0.4) is 0 Å². The molecule has 1 N–H and O–H groups in total. The Morgan fingerprint density at radius 1 is 1.07 bits per heavy atom. The zero-order chi connectivity index (χ0) is 31.0. The number of fused-ring (bicyclic) bond motifs is 1. The summed E-state index contributed by atoms with van der Waals surface area (Å²) in [5.74, 6) is -1.21. The fourth-order valence-electron chi connectivity index (χ4n) is 7.22. The summed E-state index contributed by atoms with van der Waals surface area (Å²) in [4.78, 5) is 48.2. The minimum atomic E-state index is -1.04. The van der Waals surface area contributed by atoms with Crippen molar-refractivity contribution in [1.82, 2.24) is 9.80 Å². The molecule has 1 aromatic carbocycles. The average molecular weight is 596 g/mol. The normalized spacial score (nSPS) is 25.5. The van der Waals surface area contributed by atoms with E-state index in [2.05, 4.69) is 20.1 Å². The molecule has 0 aliphatic carbocycles. The lowest BCUT2D eigenvalue weighted by molar-refractivity contribution is -0.147. The van der Waals surface area contributed by atoms with Crippen LogP contribution in [0.1, 0.15) is 65.2 Å². The number of aliphatic hydroxyl groups excluding tert-OH is 1. The van der Waals surface area contributed by atoms with Crippen LogP contribution in [0.25, 0.3) is 0 Å². The van der Waals surface area contributed by atoms with Crippen LogP contribution in [-0.4, -0.2) is 89.8 Å². The van der Waals surface area contributed by atoms with E-state index in [0.717, 1.165) is 25.7 Å². The third kappa shape index (κ3) is 6.53. The first-order valence-corrected chi connectivity index (χ1v) is 16.0. The summed E-state index contributed by atoms with van der Waals surface area (Å²) >= 11 is 0. The van der Waals surface area contributed by atoms with E-state index in [1.807, 2.05) is 31.2 Å². The Morgan fingerprint density at radius 2 is 1.81 bits per heavy atom. The molecule has 5 atom stereocenters. The van der Waals surface area contributed by atoms with Crippen LogP contribution in [-0.2, 0) is 19.1 Å². The smallest absolute Gasteiger partial charge is 0.248 e. The fourth-order valence-corrected chi connectivity index (χ4v) is 7.22. The molecule has 0 aromatic heterocycles. The molecule has 3 aliphatic rings. The van der Waals surface area contributed by atoms with E-state index in [4.69, 9.17) is 9.47 Å². The van der Waals surface area contributed by atoms with Crippen LogP contribution in [0.2, 0.25) is 0 Å². The number of aliphatic hydroxyl groups is 1. The minimum Gasteiger partial charge on any atom is -0.494 e. The van der Waals surface area contributed by atoms with E-state index in [0.29, 0.717) is 63.4 Å². The second kappa shape index (κ2) is 15.0. The van der Waals surface area contributed by atoms with Crippen molar-refractivity contribution < 1.29 is 29.0 Å². The van der Waals surface area contributed by atoms with Crippen molar-refractivity contribution in [3.05, 3.63) is 49.6 Å². The van der Waals surface area contributed by atoms with Gasteiger partial charge in [0.15, 0.2) is 0 Å². The Hall–Kier alpha value is -3.17. The first-order chi connectivity index (χ1) is 20.9. The number of benzene rings is 1. The van der Waals surface area contributed by atoms with Gasteiger partial charge in [-0.3, -0.25) is 14.4 Å². The number of amides is 3. The number of carbonyl (C=O) groups is 3. The maximum atomic E-state index is 14.4. The molecule has 9 nitrogen and oxygen atoms in total.